The average molecular weight is 263 g/mol. The van der Waals surface area contributed by atoms with Crippen molar-refractivity contribution in [3.8, 4) is 0 Å². The molecule has 106 valence electrons. The molecule has 18 heavy (non-hydrogen) atoms. The lowest BCUT2D eigenvalue weighted by Crippen LogP contribution is -2.81. The van der Waals surface area contributed by atoms with Gasteiger partial charge in [-0.1, -0.05) is 0 Å². The lowest BCUT2D eigenvalue weighted by molar-refractivity contribution is -0.414. The SMILES string of the molecule is CNC(=O)C1O[C@@](C)(O)C(C)(O)[C@](C)(O)[C@]1(C)O. The van der Waals surface area contributed by atoms with Gasteiger partial charge in [-0.3, -0.25) is 4.79 Å². The lowest BCUT2D eigenvalue weighted by Gasteiger charge is -2.59. The minimum absolute atomic E-state index is 0.712. The van der Waals surface area contributed by atoms with Gasteiger partial charge in [0.15, 0.2) is 11.9 Å². The van der Waals surface area contributed by atoms with E-state index in [1.54, 1.807) is 0 Å². The van der Waals surface area contributed by atoms with Crippen molar-refractivity contribution in [2.24, 2.45) is 0 Å². The van der Waals surface area contributed by atoms with E-state index in [-0.39, 0.29) is 0 Å². The highest BCUT2D eigenvalue weighted by atomic mass is 16.7. The van der Waals surface area contributed by atoms with Gasteiger partial charge in [0.2, 0.25) is 0 Å². The van der Waals surface area contributed by atoms with Crippen LogP contribution in [0.15, 0.2) is 0 Å². The zero-order chi connectivity index (χ0) is 14.6. The number of amides is 1. The van der Waals surface area contributed by atoms with Crippen LogP contribution in [0.1, 0.15) is 27.7 Å². The number of nitrogens with one attached hydrogen (secondary N) is 1. The van der Waals surface area contributed by atoms with Crippen LogP contribution in [0.2, 0.25) is 0 Å². The molecule has 1 amide bonds. The van der Waals surface area contributed by atoms with Crippen LogP contribution in [-0.2, 0) is 9.53 Å². The maximum atomic E-state index is 11.7. The fraction of sp³-hybridized carbons (Fsp3) is 0.909. The molecule has 5 atom stereocenters. The van der Waals surface area contributed by atoms with Crippen LogP contribution in [0.5, 0.6) is 0 Å². The fourth-order valence-electron chi connectivity index (χ4n) is 2.10. The normalized spacial score (nSPS) is 53.1. The van der Waals surface area contributed by atoms with Crippen molar-refractivity contribution in [3.63, 3.8) is 0 Å². The first kappa shape index (κ1) is 15.3. The number of carbonyl (C=O) groups excluding carboxylic acids is 1. The number of likely N-dealkylation sites (N-methyl/N-ethyl adjacent to an activating group) is 1. The van der Waals surface area contributed by atoms with Gasteiger partial charge in [-0.15, -0.1) is 0 Å². The van der Waals surface area contributed by atoms with Crippen LogP contribution < -0.4 is 5.32 Å². The quantitative estimate of drug-likeness (QED) is 0.377. The first-order chi connectivity index (χ1) is 7.83. The minimum atomic E-state index is -2.20. The van der Waals surface area contributed by atoms with Crippen LogP contribution in [0.4, 0.5) is 0 Å². The summed E-state index contributed by atoms with van der Waals surface area (Å²) in [5.41, 5.74) is -6.42. The van der Waals surface area contributed by atoms with Crippen LogP contribution in [0, 0.1) is 0 Å². The summed E-state index contributed by atoms with van der Waals surface area (Å²) in [6, 6.07) is 0. The topological polar surface area (TPSA) is 119 Å². The highest BCUT2D eigenvalue weighted by molar-refractivity contribution is 5.82. The van der Waals surface area contributed by atoms with E-state index >= 15 is 0 Å². The first-order valence-electron chi connectivity index (χ1n) is 5.62. The van der Waals surface area contributed by atoms with E-state index in [0.29, 0.717) is 0 Å². The summed E-state index contributed by atoms with van der Waals surface area (Å²) in [4.78, 5) is 11.7. The van der Waals surface area contributed by atoms with Gasteiger partial charge in [0, 0.05) is 7.05 Å². The predicted octanol–water partition coefficient (Wildman–Crippen LogP) is -1.91. The molecule has 0 aromatic rings. The molecular formula is C11H21NO6. The highest BCUT2D eigenvalue weighted by Gasteiger charge is 2.71. The molecule has 5 N–H and O–H groups in total. The van der Waals surface area contributed by atoms with E-state index < -0.39 is 34.6 Å². The lowest BCUT2D eigenvalue weighted by atomic mass is 9.65. The molecule has 1 saturated heterocycles. The molecule has 7 nitrogen and oxygen atoms in total. The number of hydrogen-bond donors (Lipinski definition) is 5. The molecule has 7 heteroatoms. The Hall–Kier alpha value is -0.730. The van der Waals surface area contributed by atoms with Gasteiger partial charge >= 0.3 is 0 Å². The fourth-order valence-corrected chi connectivity index (χ4v) is 2.10. The molecule has 0 aliphatic carbocycles. The second-order valence-corrected chi connectivity index (χ2v) is 5.39. The van der Waals surface area contributed by atoms with Crippen molar-refractivity contribution in [1.82, 2.24) is 5.32 Å². The molecule has 0 bridgehead atoms. The summed E-state index contributed by atoms with van der Waals surface area (Å²) >= 11 is 0. The summed E-state index contributed by atoms with van der Waals surface area (Å²) in [6.45, 7) is 4.55. The van der Waals surface area contributed by atoms with Gasteiger partial charge in [0.05, 0.1) is 0 Å². The van der Waals surface area contributed by atoms with E-state index in [1.807, 2.05) is 0 Å². The van der Waals surface area contributed by atoms with Crippen molar-refractivity contribution in [2.75, 3.05) is 7.05 Å². The molecule has 0 aromatic carbocycles. The molecular weight excluding hydrogens is 242 g/mol. The first-order valence-corrected chi connectivity index (χ1v) is 5.62. The molecule has 1 rings (SSSR count). The molecule has 0 spiro atoms. The molecule has 0 aromatic heterocycles. The largest absolute Gasteiger partial charge is 0.384 e. The smallest absolute Gasteiger partial charge is 0.252 e. The van der Waals surface area contributed by atoms with Crippen LogP contribution in [0.25, 0.3) is 0 Å². The third-order valence-electron chi connectivity index (χ3n) is 4.18. The number of rotatable bonds is 1. The Labute approximate surface area is 105 Å². The Kier molecular flexibility index (Phi) is 3.30. The molecule has 0 radical (unpaired) electrons. The molecule has 0 saturated carbocycles. The molecule has 1 aliphatic heterocycles. The zero-order valence-electron chi connectivity index (χ0n) is 11.2. The molecule has 1 heterocycles. The summed E-state index contributed by atoms with van der Waals surface area (Å²) in [5.74, 6) is -2.91. The van der Waals surface area contributed by atoms with Crippen molar-refractivity contribution >= 4 is 5.91 Å². The second kappa shape index (κ2) is 3.88. The maximum Gasteiger partial charge on any atom is 0.252 e. The summed E-state index contributed by atoms with van der Waals surface area (Å²) in [5, 5.41) is 43.2. The van der Waals surface area contributed by atoms with Gasteiger partial charge in [-0.2, -0.15) is 0 Å². The Bertz CT molecular complexity index is 361. The molecule has 1 fully saturated rings. The highest BCUT2D eigenvalue weighted by Crippen LogP contribution is 2.47. The Balaban J connectivity index is 3.37. The second-order valence-electron chi connectivity index (χ2n) is 5.39. The van der Waals surface area contributed by atoms with E-state index in [9.17, 15) is 25.2 Å². The van der Waals surface area contributed by atoms with Crippen molar-refractivity contribution in [2.45, 2.75) is 56.4 Å². The van der Waals surface area contributed by atoms with Crippen molar-refractivity contribution < 1.29 is 30.0 Å². The van der Waals surface area contributed by atoms with Gasteiger partial charge in [0.1, 0.15) is 16.8 Å². The summed E-state index contributed by atoms with van der Waals surface area (Å²) < 4.78 is 5.08. The van der Waals surface area contributed by atoms with Gasteiger partial charge in [0.25, 0.3) is 5.91 Å². The standard InChI is InChI=1S/C11H21NO6/c1-8(14)6(7(13)12-5)18-11(4,17)10(3,16)9(8,2)15/h6,14-17H,1-5H3,(H,12,13)/t6?,8-,9-,10?,11-/m1/s1. The van der Waals surface area contributed by atoms with E-state index in [1.165, 1.54) is 7.05 Å². The average Bonchev–Trinajstić information content (AvgIpc) is 2.22. The van der Waals surface area contributed by atoms with Gasteiger partial charge in [-0.05, 0) is 27.7 Å². The van der Waals surface area contributed by atoms with Crippen LogP contribution in [-0.4, -0.2) is 62.1 Å². The number of hydrogen-bond acceptors (Lipinski definition) is 6. The molecule has 2 unspecified atom stereocenters. The number of carbonyl (C=O) groups is 1. The summed E-state index contributed by atoms with van der Waals surface area (Å²) in [7, 11) is 1.33. The van der Waals surface area contributed by atoms with Crippen molar-refractivity contribution in [1.29, 1.82) is 0 Å². The Morgan fingerprint density at radius 3 is 1.89 bits per heavy atom. The minimum Gasteiger partial charge on any atom is -0.384 e. The third-order valence-corrected chi connectivity index (χ3v) is 4.18. The van der Waals surface area contributed by atoms with Crippen LogP contribution >= 0.6 is 0 Å². The number of ether oxygens (including phenoxy) is 1. The summed E-state index contributed by atoms with van der Waals surface area (Å²) in [6.07, 6.45) is -1.52. The van der Waals surface area contributed by atoms with Gasteiger partial charge < -0.3 is 30.5 Å². The maximum absolute atomic E-state index is 11.7. The van der Waals surface area contributed by atoms with Crippen LogP contribution in [0.3, 0.4) is 0 Å². The van der Waals surface area contributed by atoms with Gasteiger partial charge in [-0.25, -0.2) is 0 Å². The third kappa shape index (κ3) is 1.66. The van der Waals surface area contributed by atoms with E-state index in [4.69, 9.17) is 4.74 Å². The monoisotopic (exact) mass is 263 g/mol. The predicted molar refractivity (Wildman–Crippen MR) is 61.4 cm³/mol. The Morgan fingerprint density at radius 2 is 1.50 bits per heavy atom. The van der Waals surface area contributed by atoms with Crippen molar-refractivity contribution in [3.05, 3.63) is 0 Å². The zero-order valence-corrected chi connectivity index (χ0v) is 11.2. The Morgan fingerprint density at radius 1 is 1.06 bits per heavy atom. The van der Waals surface area contributed by atoms with E-state index in [0.717, 1.165) is 27.7 Å². The van der Waals surface area contributed by atoms with E-state index in [2.05, 4.69) is 5.32 Å². The molecule has 1 aliphatic rings. The number of aliphatic hydroxyl groups is 4.